The number of amides is 1. The van der Waals surface area contributed by atoms with Crippen LogP contribution in [-0.4, -0.2) is 25.2 Å². The van der Waals surface area contributed by atoms with Crippen molar-refractivity contribution < 1.29 is 14.3 Å². The van der Waals surface area contributed by atoms with E-state index >= 15 is 0 Å². The Hall–Kier alpha value is -2.69. The molecule has 0 fully saturated rings. The summed E-state index contributed by atoms with van der Waals surface area (Å²) in [6.07, 6.45) is 1.10. The van der Waals surface area contributed by atoms with Gasteiger partial charge in [0.05, 0.1) is 24.9 Å². The monoisotopic (exact) mass is 370 g/mol. The molecule has 0 saturated heterocycles. The fraction of sp³-hybridized carbons (Fsp3) is 0.409. The second kappa shape index (κ2) is 10.5. The van der Waals surface area contributed by atoms with E-state index in [9.17, 15) is 4.79 Å². The molecule has 0 spiro atoms. The second-order valence-electron chi connectivity index (χ2n) is 6.97. The molecule has 0 aliphatic carbocycles. The highest BCUT2D eigenvalue weighted by Gasteiger charge is 2.09. The van der Waals surface area contributed by atoms with Crippen molar-refractivity contribution in [3.8, 4) is 11.5 Å². The van der Waals surface area contributed by atoms with Gasteiger partial charge >= 0.3 is 0 Å². The number of carbonyl (C=O) groups excluding carboxylic acids is 1. The Kier molecular flexibility index (Phi) is 7.99. The second-order valence-corrected chi connectivity index (χ2v) is 6.97. The number of rotatable bonds is 10. The predicted molar refractivity (Wildman–Crippen MR) is 111 cm³/mol. The molecule has 2 rings (SSSR count). The first-order valence-corrected chi connectivity index (χ1v) is 9.50. The molecule has 146 valence electrons. The quantitative estimate of drug-likeness (QED) is 0.621. The van der Waals surface area contributed by atoms with Crippen LogP contribution in [0.25, 0.3) is 0 Å². The van der Waals surface area contributed by atoms with Crippen LogP contribution in [0.3, 0.4) is 0 Å². The summed E-state index contributed by atoms with van der Waals surface area (Å²) in [6.45, 7) is 9.06. The van der Waals surface area contributed by atoms with E-state index in [2.05, 4.69) is 31.4 Å². The molecule has 0 saturated carbocycles. The minimum absolute atomic E-state index is 0.135. The Bertz CT molecular complexity index is 731. The molecule has 5 heteroatoms. The average molecular weight is 370 g/mol. The Morgan fingerprint density at radius 1 is 1.07 bits per heavy atom. The number of para-hydroxylation sites is 2. The van der Waals surface area contributed by atoms with Crippen LogP contribution in [0.5, 0.6) is 11.5 Å². The van der Waals surface area contributed by atoms with Gasteiger partial charge in [-0.05, 0) is 43.5 Å². The molecule has 2 aromatic rings. The first-order chi connectivity index (χ1) is 13.0. The highest BCUT2D eigenvalue weighted by atomic mass is 16.5. The van der Waals surface area contributed by atoms with Gasteiger partial charge in [-0.15, -0.1) is 0 Å². The third kappa shape index (κ3) is 7.21. The molecule has 0 bridgehead atoms. The molecule has 0 heterocycles. The Balaban J connectivity index is 1.91. The van der Waals surface area contributed by atoms with Crippen molar-refractivity contribution in [3.05, 3.63) is 48.5 Å². The molecule has 2 N–H and O–H groups in total. The fourth-order valence-corrected chi connectivity index (χ4v) is 2.32. The third-order valence-electron chi connectivity index (χ3n) is 3.93. The molecule has 0 aliphatic heterocycles. The van der Waals surface area contributed by atoms with Gasteiger partial charge in [0.15, 0.2) is 0 Å². The maximum Gasteiger partial charge on any atom is 0.243 e. The Labute approximate surface area is 162 Å². The van der Waals surface area contributed by atoms with E-state index in [1.54, 1.807) is 0 Å². The molecule has 0 aliphatic rings. The van der Waals surface area contributed by atoms with Crippen LogP contribution in [0.4, 0.5) is 11.4 Å². The molecule has 1 unspecified atom stereocenters. The third-order valence-corrected chi connectivity index (χ3v) is 3.93. The van der Waals surface area contributed by atoms with Gasteiger partial charge in [0, 0.05) is 11.8 Å². The van der Waals surface area contributed by atoms with Crippen molar-refractivity contribution in [2.75, 3.05) is 23.8 Å². The number of ether oxygens (including phenoxy) is 2. The van der Waals surface area contributed by atoms with Crippen molar-refractivity contribution in [3.63, 3.8) is 0 Å². The van der Waals surface area contributed by atoms with E-state index in [0.29, 0.717) is 24.0 Å². The lowest BCUT2D eigenvalue weighted by Crippen LogP contribution is -2.22. The topological polar surface area (TPSA) is 59.6 Å². The van der Waals surface area contributed by atoms with Crippen LogP contribution < -0.4 is 20.1 Å². The smallest absolute Gasteiger partial charge is 0.243 e. The fourth-order valence-electron chi connectivity index (χ4n) is 2.32. The summed E-state index contributed by atoms with van der Waals surface area (Å²) in [5, 5.41) is 6.04. The van der Waals surface area contributed by atoms with E-state index in [4.69, 9.17) is 9.47 Å². The number of hydrogen-bond acceptors (Lipinski definition) is 4. The molecule has 5 nitrogen and oxygen atoms in total. The number of hydrogen-bond donors (Lipinski definition) is 2. The molecule has 1 atom stereocenters. The lowest BCUT2D eigenvalue weighted by molar-refractivity contribution is -0.114. The predicted octanol–water partition coefficient (Wildman–Crippen LogP) is 4.95. The van der Waals surface area contributed by atoms with Crippen LogP contribution in [0.15, 0.2) is 48.5 Å². The summed E-state index contributed by atoms with van der Waals surface area (Å²) in [5.74, 6) is 1.76. The summed E-state index contributed by atoms with van der Waals surface area (Å²) < 4.78 is 11.6. The summed E-state index contributed by atoms with van der Waals surface area (Å²) in [5.41, 5.74) is 1.52. The van der Waals surface area contributed by atoms with Crippen molar-refractivity contribution in [2.24, 2.45) is 5.92 Å². The average Bonchev–Trinajstić information content (AvgIpc) is 2.66. The van der Waals surface area contributed by atoms with Gasteiger partial charge < -0.3 is 20.1 Å². The lowest BCUT2D eigenvalue weighted by Gasteiger charge is -2.15. The van der Waals surface area contributed by atoms with E-state index in [0.717, 1.165) is 17.9 Å². The van der Waals surface area contributed by atoms with E-state index in [1.807, 2.05) is 55.5 Å². The molecule has 2 aromatic carbocycles. The van der Waals surface area contributed by atoms with Gasteiger partial charge in [0.1, 0.15) is 11.5 Å². The van der Waals surface area contributed by atoms with Crippen LogP contribution in [0.1, 0.15) is 34.1 Å². The molecule has 0 radical (unpaired) electrons. The largest absolute Gasteiger partial charge is 0.491 e. The van der Waals surface area contributed by atoms with Crippen molar-refractivity contribution >= 4 is 17.3 Å². The zero-order valence-corrected chi connectivity index (χ0v) is 16.6. The van der Waals surface area contributed by atoms with Gasteiger partial charge in [-0.1, -0.05) is 39.0 Å². The standard InChI is InChI=1S/C22H30N2O3/c1-5-17(4)27-19-10-8-9-18(13-19)23-14-22(25)24-20-11-6-7-12-21(20)26-15-16(2)3/h6-13,16-17,23H,5,14-15H2,1-4H3,(H,24,25). The number of carbonyl (C=O) groups is 1. The summed E-state index contributed by atoms with van der Waals surface area (Å²) in [6, 6.07) is 15.1. The molecule has 0 aromatic heterocycles. The summed E-state index contributed by atoms with van der Waals surface area (Å²) >= 11 is 0. The minimum atomic E-state index is -0.135. The Morgan fingerprint density at radius 2 is 1.85 bits per heavy atom. The van der Waals surface area contributed by atoms with Gasteiger partial charge in [0.2, 0.25) is 5.91 Å². The zero-order valence-electron chi connectivity index (χ0n) is 16.6. The Morgan fingerprint density at radius 3 is 2.59 bits per heavy atom. The van der Waals surface area contributed by atoms with Crippen LogP contribution in [0.2, 0.25) is 0 Å². The van der Waals surface area contributed by atoms with Crippen molar-refractivity contribution in [2.45, 2.75) is 40.2 Å². The molecule has 27 heavy (non-hydrogen) atoms. The number of anilines is 2. The molecular formula is C22H30N2O3. The zero-order chi connectivity index (χ0) is 19.6. The normalized spacial score (nSPS) is 11.7. The van der Waals surface area contributed by atoms with Gasteiger partial charge in [-0.3, -0.25) is 4.79 Å². The molecule has 1 amide bonds. The minimum Gasteiger partial charge on any atom is -0.491 e. The first kappa shape index (κ1) is 20.6. The summed E-state index contributed by atoms with van der Waals surface area (Å²) in [4.78, 5) is 12.3. The van der Waals surface area contributed by atoms with Gasteiger partial charge in [-0.25, -0.2) is 0 Å². The highest BCUT2D eigenvalue weighted by molar-refractivity contribution is 5.95. The van der Waals surface area contributed by atoms with Gasteiger partial charge in [0.25, 0.3) is 0 Å². The van der Waals surface area contributed by atoms with Crippen LogP contribution >= 0.6 is 0 Å². The maximum absolute atomic E-state index is 12.3. The van der Waals surface area contributed by atoms with E-state index in [1.165, 1.54) is 0 Å². The van der Waals surface area contributed by atoms with Crippen LogP contribution in [0, 0.1) is 5.92 Å². The lowest BCUT2D eigenvalue weighted by atomic mass is 10.2. The van der Waals surface area contributed by atoms with Gasteiger partial charge in [-0.2, -0.15) is 0 Å². The number of benzene rings is 2. The summed E-state index contributed by atoms with van der Waals surface area (Å²) in [7, 11) is 0. The van der Waals surface area contributed by atoms with E-state index < -0.39 is 0 Å². The van der Waals surface area contributed by atoms with Crippen LogP contribution in [-0.2, 0) is 4.79 Å². The first-order valence-electron chi connectivity index (χ1n) is 9.50. The van der Waals surface area contributed by atoms with Crippen molar-refractivity contribution in [1.29, 1.82) is 0 Å². The highest BCUT2D eigenvalue weighted by Crippen LogP contribution is 2.24. The maximum atomic E-state index is 12.3. The van der Waals surface area contributed by atoms with Crippen molar-refractivity contribution in [1.82, 2.24) is 0 Å². The molecular weight excluding hydrogens is 340 g/mol. The van der Waals surface area contributed by atoms with E-state index in [-0.39, 0.29) is 18.6 Å². The number of nitrogens with one attached hydrogen (secondary N) is 2. The SMILES string of the molecule is CCC(C)Oc1cccc(NCC(=O)Nc2ccccc2OCC(C)C)c1.